The quantitative estimate of drug-likeness (QED) is 0.491. The minimum absolute atomic E-state index is 0.231. The van der Waals surface area contributed by atoms with Crippen LogP contribution in [-0.2, 0) is 9.53 Å². The Labute approximate surface area is 121 Å². The van der Waals surface area contributed by atoms with Gasteiger partial charge in [0, 0.05) is 11.3 Å². The summed E-state index contributed by atoms with van der Waals surface area (Å²) in [4.78, 5) is 20.9. The van der Waals surface area contributed by atoms with Crippen LogP contribution in [0.4, 0.5) is 0 Å². The minimum atomic E-state index is -0.273. The van der Waals surface area contributed by atoms with Gasteiger partial charge in [0.1, 0.15) is 16.1 Å². The highest BCUT2D eigenvalue weighted by atomic mass is 32.2. The summed E-state index contributed by atoms with van der Waals surface area (Å²) in [6.45, 7) is 1.84. The maximum absolute atomic E-state index is 11.6. The molecule has 1 saturated carbocycles. The molecule has 1 aliphatic rings. The third kappa shape index (κ3) is 2.63. The Balaban J connectivity index is 2.01. The van der Waals surface area contributed by atoms with Gasteiger partial charge in [0.15, 0.2) is 0 Å². The van der Waals surface area contributed by atoms with E-state index in [2.05, 4.69) is 9.97 Å². The summed E-state index contributed by atoms with van der Waals surface area (Å²) in [5, 5.41) is 1.60. The van der Waals surface area contributed by atoms with Crippen molar-refractivity contribution in [2.75, 3.05) is 7.11 Å². The number of carbonyl (C=O) groups is 1. The molecular weight excluding hydrogens is 272 g/mol. The molecule has 1 aromatic carbocycles. The lowest BCUT2D eigenvalue weighted by Gasteiger charge is -2.11. The molecule has 3 rings (SSSR count). The monoisotopic (exact) mass is 288 g/mol. The molecule has 104 valence electrons. The van der Waals surface area contributed by atoms with Gasteiger partial charge in [-0.15, -0.1) is 0 Å². The van der Waals surface area contributed by atoms with Gasteiger partial charge in [-0.3, -0.25) is 4.79 Å². The van der Waals surface area contributed by atoms with Crippen molar-refractivity contribution in [3.8, 4) is 0 Å². The molecule has 0 N–H and O–H groups in total. The fraction of sp³-hybridized carbons (Fsp3) is 0.400. The largest absolute Gasteiger partial charge is 0.468 e. The van der Waals surface area contributed by atoms with Crippen molar-refractivity contribution < 1.29 is 9.53 Å². The van der Waals surface area contributed by atoms with Crippen LogP contribution < -0.4 is 0 Å². The summed E-state index contributed by atoms with van der Waals surface area (Å²) in [6.07, 6.45) is 2.32. The summed E-state index contributed by atoms with van der Waals surface area (Å²) in [6, 6.07) is 7.94. The number of fused-ring (bicyclic) bond motifs is 1. The van der Waals surface area contributed by atoms with Crippen molar-refractivity contribution in [1.82, 2.24) is 9.97 Å². The molecule has 0 bridgehead atoms. The zero-order chi connectivity index (χ0) is 14.1. The molecule has 5 heteroatoms. The molecule has 1 aliphatic carbocycles. The number of carbonyl (C=O) groups excluding carboxylic acids is 1. The van der Waals surface area contributed by atoms with Crippen molar-refractivity contribution >= 4 is 28.6 Å². The van der Waals surface area contributed by atoms with Crippen LogP contribution in [0.1, 0.15) is 31.5 Å². The normalized spacial score (nSPS) is 16.1. The number of benzene rings is 1. The molecule has 4 nitrogen and oxygen atoms in total. The molecule has 0 unspecified atom stereocenters. The molecule has 0 saturated heterocycles. The highest BCUT2D eigenvalue weighted by Gasteiger charge is 2.28. The number of ether oxygens (including phenoxy) is 1. The Morgan fingerprint density at radius 3 is 2.80 bits per heavy atom. The number of methoxy groups -OCH3 is 1. The fourth-order valence-corrected chi connectivity index (χ4v) is 3.03. The van der Waals surface area contributed by atoms with E-state index in [0.29, 0.717) is 5.92 Å². The first-order chi connectivity index (χ1) is 9.69. The van der Waals surface area contributed by atoms with Crippen molar-refractivity contribution in [3.05, 3.63) is 30.1 Å². The molecular formula is C15H16N2O2S. The van der Waals surface area contributed by atoms with Crippen LogP contribution in [0.5, 0.6) is 0 Å². The van der Waals surface area contributed by atoms with Crippen LogP contribution in [-0.4, -0.2) is 28.3 Å². The molecule has 0 aliphatic heterocycles. The van der Waals surface area contributed by atoms with Gasteiger partial charge in [0.25, 0.3) is 0 Å². The predicted molar refractivity (Wildman–Crippen MR) is 78.8 cm³/mol. The molecule has 0 amide bonds. The Bertz CT molecular complexity index is 655. The zero-order valence-corrected chi connectivity index (χ0v) is 12.3. The van der Waals surface area contributed by atoms with Crippen LogP contribution in [0.2, 0.25) is 0 Å². The number of rotatable bonds is 4. The maximum atomic E-state index is 11.6. The average Bonchev–Trinajstić information content (AvgIpc) is 3.30. The Morgan fingerprint density at radius 2 is 2.10 bits per heavy atom. The molecule has 1 atom stereocenters. The number of esters is 1. The van der Waals surface area contributed by atoms with Crippen molar-refractivity contribution in [3.63, 3.8) is 0 Å². The van der Waals surface area contributed by atoms with Crippen LogP contribution in [0.25, 0.3) is 10.9 Å². The van der Waals surface area contributed by atoms with Gasteiger partial charge < -0.3 is 4.74 Å². The summed E-state index contributed by atoms with van der Waals surface area (Å²) in [5.41, 5.74) is 0.948. The SMILES string of the molecule is COC(=O)[C@H](C)Sc1nc(C2CC2)nc2ccccc12. The van der Waals surface area contributed by atoms with E-state index < -0.39 is 0 Å². The maximum Gasteiger partial charge on any atom is 0.318 e. The first-order valence-electron chi connectivity index (χ1n) is 6.70. The number of aromatic nitrogens is 2. The Hall–Kier alpha value is -1.62. The Morgan fingerprint density at radius 1 is 1.35 bits per heavy atom. The van der Waals surface area contributed by atoms with Gasteiger partial charge in [-0.05, 0) is 25.8 Å². The summed E-state index contributed by atoms with van der Waals surface area (Å²) in [7, 11) is 1.41. The van der Waals surface area contributed by atoms with Crippen molar-refractivity contribution in [2.24, 2.45) is 0 Å². The number of para-hydroxylation sites is 1. The second-order valence-electron chi connectivity index (χ2n) is 4.96. The van der Waals surface area contributed by atoms with E-state index >= 15 is 0 Å². The average molecular weight is 288 g/mol. The number of hydrogen-bond donors (Lipinski definition) is 0. The van der Waals surface area contributed by atoms with Gasteiger partial charge >= 0.3 is 5.97 Å². The lowest BCUT2D eigenvalue weighted by molar-refractivity contribution is -0.139. The first-order valence-corrected chi connectivity index (χ1v) is 7.58. The standard InChI is InChI=1S/C15H16N2O2S/c1-9(15(18)19-2)20-14-11-5-3-4-6-12(11)16-13(17-14)10-7-8-10/h3-6,9-10H,7-8H2,1-2H3/t9-/m0/s1. The first kappa shape index (κ1) is 13.4. The van der Waals surface area contributed by atoms with Gasteiger partial charge in [-0.1, -0.05) is 30.0 Å². The highest BCUT2D eigenvalue weighted by Crippen LogP contribution is 2.40. The molecule has 1 aromatic heterocycles. The number of hydrogen-bond acceptors (Lipinski definition) is 5. The molecule has 2 aromatic rings. The molecule has 1 heterocycles. The summed E-state index contributed by atoms with van der Waals surface area (Å²) in [5.74, 6) is 1.17. The second-order valence-corrected chi connectivity index (χ2v) is 6.29. The lowest BCUT2D eigenvalue weighted by Crippen LogP contribution is -2.15. The molecule has 0 radical (unpaired) electrons. The predicted octanol–water partition coefficient (Wildman–Crippen LogP) is 3.16. The van der Waals surface area contributed by atoms with Gasteiger partial charge in [0.2, 0.25) is 0 Å². The number of thioether (sulfide) groups is 1. The molecule has 20 heavy (non-hydrogen) atoms. The molecule has 1 fully saturated rings. The summed E-state index contributed by atoms with van der Waals surface area (Å²) < 4.78 is 4.78. The van der Waals surface area contributed by atoms with E-state index in [4.69, 9.17) is 4.74 Å². The van der Waals surface area contributed by atoms with E-state index in [1.807, 2.05) is 31.2 Å². The third-order valence-corrected chi connectivity index (χ3v) is 4.43. The lowest BCUT2D eigenvalue weighted by atomic mass is 10.2. The topological polar surface area (TPSA) is 52.1 Å². The van der Waals surface area contributed by atoms with Crippen LogP contribution in [0.3, 0.4) is 0 Å². The van der Waals surface area contributed by atoms with Gasteiger partial charge in [0.05, 0.1) is 12.6 Å². The van der Waals surface area contributed by atoms with Crippen LogP contribution >= 0.6 is 11.8 Å². The van der Waals surface area contributed by atoms with Gasteiger partial charge in [-0.25, -0.2) is 9.97 Å². The second kappa shape index (κ2) is 5.40. The van der Waals surface area contributed by atoms with Crippen molar-refractivity contribution in [2.45, 2.75) is 36.0 Å². The van der Waals surface area contributed by atoms with E-state index in [-0.39, 0.29) is 11.2 Å². The van der Waals surface area contributed by atoms with Crippen molar-refractivity contribution in [1.29, 1.82) is 0 Å². The van der Waals surface area contributed by atoms with Crippen LogP contribution in [0.15, 0.2) is 29.3 Å². The van der Waals surface area contributed by atoms with E-state index in [1.165, 1.54) is 18.9 Å². The molecule has 0 spiro atoms. The smallest absolute Gasteiger partial charge is 0.318 e. The highest BCUT2D eigenvalue weighted by molar-refractivity contribution is 8.00. The van der Waals surface area contributed by atoms with E-state index in [0.717, 1.165) is 34.6 Å². The zero-order valence-electron chi connectivity index (χ0n) is 11.5. The van der Waals surface area contributed by atoms with E-state index in [1.54, 1.807) is 0 Å². The third-order valence-electron chi connectivity index (χ3n) is 3.35. The van der Waals surface area contributed by atoms with E-state index in [9.17, 15) is 4.79 Å². The Kier molecular flexibility index (Phi) is 3.61. The number of nitrogens with zero attached hydrogens (tertiary/aromatic N) is 2. The fourth-order valence-electron chi connectivity index (χ4n) is 2.06. The summed E-state index contributed by atoms with van der Waals surface area (Å²) >= 11 is 1.44. The van der Waals surface area contributed by atoms with Crippen LogP contribution in [0, 0.1) is 0 Å². The van der Waals surface area contributed by atoms with Gasteiger partial charge in [-0.2, -0.15) is 0 Å². The minimum Gasteiger partial charge on any atom is -0.468 e.